The SMILES string of the molecule is Cc1ccc(COC(=O)NCCSC2=C(C(=O)O)N3C(=O)[C@H]([C@@H](C)O)[C@H]3C2)cc1. The van der Waals surface area contributed by atoms with Gasteiger partial charge in [-0.1, -0.05) is 29.8 Å². The summed E-state index contributed by atoms with van der Waals surface area (Å²) < 4.78 is 5.15. The van der Waals surface area contributed by atoms with Crippen LogP contribution in [0.4, 0.5) is 4.79 Å². The van der Waals surface area contributed by atoms with Gasteiger partial charge in [-0.2, -0.15) is 0 Å². The Morgan fingerprint density at radius 1 is 1.34 bits per heavy atom. The maximum Gasteiger partial charge on any atom is 0.407 e. The summed E-state index contributed by atoms with van der Waals surface area (Å²) in [5.41, 5.74) is 2.01. The molecule has 3 N–H and O–H groups in total. The monoisotopic (exact) mass is 420 g/mol. The predicted molar refractivity (Wildman–Crippen MR) is 107 cm³/mol. The molecule has 2 aliphatic heterocycles. The van der Waals surface area contributed by atoms with Gasteiger partial charge in [-0.15, -0.1) is 11.8 Å². The van der Waals surface area contributed by atoms with Crippen molar-refractivity contribution in [2.24, 2.45) is 5.92 Å². The maximum absolute atomic E-state index is 12.2. The van der Waals surface area contributed by atoms with Crippen molar-refractivity contribution in [1.29, 1.82) is 0 Å². The number of ether oxygens (including phenoxy) is 1. The molecule has 9 heteroatoms. The van der Waals surface area contributed by atoms with Crippen molar-refractivity contribution in [1.82, 2.24) is 10.2 Å². The van der Waals surface area contributed by atoms with E-state index in [4.69, 9.17) is 4.74 Å². The quantitative estimate of drug-likeness (QED) is 0.434. The highest BCUT2D eigenvalue weighted by molar-refractivity contribution is 8.03. The number of hydrogen-bond donors (Lipinski definition) is 3. The van der Waals surface area contributed by atoms with Gasteiger partial charge < -0.3 is 25.2 Å². The van der Waals surface area contributed by atoms with Gasteiger partial charge in [0.2, 0.25) is 5.91 Å². The average Bonchev–Trinajstić information content (AvgIpc) is 2.99. The molecular weight excluding hydrogens is 396 g/mol. The second-order valence-electron chi connectivity index (χ2n) is 7.16. The first-order valence-corrected chi connectivity index (χ1v) is 10.3. The molecule has 3 rings (SSSR count). The Bertz CT molecular complexity index is 836. The molecule has 0 radical (unpaired) electrons. The van der Waals surface area contributed by atoms with Gasteiger partial charge in [0.15, 0.2) is 0 Å². The first kappa shape index (κ1) is 21.2. The van der Waals surface area contributed by atoms with Gasteiger partial charge in [0.1, 0.15) is 12.3 Å². The number of carbonyl (C=O) groups is 3. The van der Waals surface area contributed by atoms with Crippen LogP contribution in [0.15, 0.2) is 34.9 Å². The molecule has 0 unspecified atom stereocenters. The molecule has 1 aromatic rings. The lowest BCUT2D eigenvalue weighted by molar-refractivity contribution is -0.161. The first-order chi connectivity index (χ1) is 13.8. The topological polar surface area (TPSA) is 116 Å². The standard InChI is InChI=1S/C20H24N2O6S/c1-11-3-5-13(6-4-11)10-28-20(27)21-7-8-29-15-9-14-16(12(2)23)18(24)22(14)17(15)19(25)26/h3-6,12,14,16,23H,7-10H2,1-2H3,(H,21,27)(H,25,26)/t12-,14-,16-/m1/s1. The van der Waals surface area contributed by atoms with Crippen molar-refractivity contribution in [3.63, 3.8) is 0 Å². The van der Waals surface area contributed by atoms with Gasteiger partial charge >= 0.3 is 12.1 Å². The van der Waals surface area contributed by atoms with Crippen LogP contribution in [0.25, 0.3) is 0 Å². The summed E-state index contributed by atoms with van der Waals surface area (Å²) in [5, 5.41) is 21.8. The van der Waals surface area contributed by atoms with Crippen molar-refractivity contribution in [2.75, 3.05) is 12.3 Å². The molecule has 0 aromatic heterocycles. The predicted octanol–water partition coefficient (Wildman–Crippen LogP) is 1.86. The van der Waals surface area contributed by atoms with E-state index in [2.05, 4.69) is 5.32 Å². The van der Waals surface area contributed by atoms with Gasteiger partial charge in [-0.25, -0.2) is 9.59 Å². The number of thioether (sulfide) groups is 1. The fraction of sp³-hybridized carbons (Fsp3) is 0.450. The normalized spacial score (nSPS) is 21.5. The number of aliphatic carboxylic acids is 1. The molecule has 1 saturated heterocycles. The number of β-lactam (4-membered cyclic amide) rings is 1. The number of hydrogen-bond acceptors (Lipinski definition) is 6. The third-order valence-electron chi connectivity index (χ3n) is 5.03. The van der Waals surface area contributed by atoms with E-state index >= 15 is 0 Å². The fourth-order valence-corrected chi connectivity index (χ4v) is 4.63. The van der Waals surface area contributed by atoms with Gasteiger partial charge in [0.25, 0.3) is 0 Å². The van der Waals surface area contributed by atoms with Crippen molar-refractivity contribution in [3.8, 4) is 0 Å². The molecule has 2 aliphatic rings. The van der Waals surface area contributed by atoms with Gasteiger partial charge in [0.05, 0.1) is 18.1 Å². The van der Waals surface area contributed by atoms with Crippen LogP contribution in [0, 0.1) is 12.8 Å². The van der Waals surface area contributed by atoms with Crippen molar-refractivity contribution in [3.05, 3.63) is 46.0 Å². The highest BCUT2D eigenvalue weighted by Gasteiger charge is 2.56. The second-order valence-corrected chi connectivity index (χ2v) is 8.35. The van der Waals surface area contributed by atoms with Crippen LogP contribution >= 0.6 is 11.8 Å². The lowest BCUT2D eigenvalue weighted by Gasteiger charge is -2.44. The lowest BCUT2D eigenvalue weighted by Crippen LogP contribution is -2.61. The second kappa shape index (κ2) is 8.87. The molecule has 0 saturated carbocycles. The van der Waals surface area contributed by atoms with E-state index in [1.807, 2.05) is 31.2 Å². The molecule has 2 amide bonds. The van der Waals surface area contributed by atoms with Crippen LogP contribution in [-0.4, -0.2) is 57.5 Å². The number of aryl methyl sites for hydroxylation is 1. The molecule has 3 atom stereocenters. The zero-order valence-electron chi connectivity index (χ0n) is 16.3. The zero-order valence-corrected chi connectivity index (χ0v) is 17.1. The van der Waals surface area contributed by atoms with E-state index in [-0.39, 0.29) is 24.3 Å². The van der Waals surface area contributed by atoms with E-state index in [1.54, 1.807) is 0 Å². The molecule has 156 valence electrons. The van der Waals surface area contributed by atoms with Crippen LogP contribution in [-0.2, 0) is 20.9 Å². The minimum atomic E-state index is -1.15. The summed E-state index contributed by atoms with van der Waals surface area (Å²) in [4.78, 5) is 37.4. The van der Waals surface area contributed by atoms with E-state index in [9.17, 15) is 24.6 Å². The third kappa shape index (κ3) is 4.56. The molecule has 2 heterocycles. The number of carboxylic acid groups (broad SMARTS) is 1. The number of aliphatic hydroxyl groups is 1. The van der Waals surface area contributed by atoms with Gasteiger partial charge in [-0.3, -0.25) is 4.79 Å². The summed E-state index contributed by atoms with van der Waals surface area (Å²) in [6.07, 6.45) is -0.947. The van der Waals surface area contributed by atoms with Crippen LogP contribution < -0.4 is 5.32 Å². The Balaban J connectivity index is 1.45. The van der Waals surface area contributed by atoms with Gasteiger partial charge in [0, 0.05) is 23.6 Å². The number of nitrogens with one attached hydrogen (secondary N) is 1. The van der Waals surface area contributed by atoms with E-state index in [0.717, 1.165) is 11.1 Å². The van der Waals surface area contributed by atoms with Crippen LogP contribution in [0.5, 0.6) is 0 Å². The van der Waals surface area contributed by atoms with E-state index in [1.165, 1.54) is 23.6 Å². The van der Waals surface area contributed by atoms with E-state index < -0.39 is 24.1 Å². The number of benzene rings is 1. The summed E-state index contributed by atoms with van der Waals surface area (Å²) in [5.74, 6) is -1.62. The molecule has 0 spiro atoms. The third-order valence-corrected chi connectivity index (χ3v) is 6.15. The summed E-state index contributed by atoms with van der Waals surface area (Å²) in [7, 11) is 0. The molecule has 29 heavy (non-hydrogen) atoms. The number of aliphatic hydroxyl groups excluding tert-OH is 1. The number of fused-ring (bicyclic) bond motifs is 1. The maximum atomic E-state index is 12.2. The Kier molecular flexibility index (Phi) is 6.49. The minimum Gasteiger partial charge on any atom is -0.477 e. The summed E-state index contributed by atoms with van der Waals surface area (Å²) in [6, 6.07) is 7.37. The molecule has 8 nitrogen and oxygen atoms in total. The number of carbonyl (C=O) groups excluding carboxylic acids is 2. The average molecular weight is 420 g/mol. The van der Waals surface area contributed by atoms with Crippen molar-refractivity contribution in [2.45, 2.75) is 39.0 Å². The Morgan fingerprint density at radius 2 is 2.03 bits per heavy atom. The Labute approximate surface area is 172 Å². The number of rotatable bonds is 8. The number of amides is 2. The highest BCUT2D eigenvalue weighted by atomic mass is 32.2. The molecule has 0 aliphatic carbocycles. The Hall–Kier alpha value is -2.52. The molecule has 1 aromatic carbocycles. The molecule has 0 bridgehead atoms. The van der Waals surface area contributed by atoms with E-state index in [0.29, 0.717) is 23.6 Å². The van der Waals surface area contributed by atoms with Crippen molar-refractivity contribution >= 4 is 29.7 Å². The van der Waals surface area contributed by atoms with Gasteiger partial charge in [-0.05, 0) is 19.4 Å². The van der Waals surface area contributed by atoms with Crippen molar-refractivity contribution < 1.29 is 29.3 Å². The smallest absolute Gasteiger partial charge is 0.407 e. The first-order valence-electron chi connectivity index (χ1n) is 9.36. The molecular formula is C20H24N2O6S. The van der Waals surface area contributed by atoms with Crippen LogP contribution in [0.3, 0.4) is 0 Å². The summed E-state index contributed by atoms with van der Waals surface area (Å²) >= 11 is 1.29. The fourth-order valence-electron chi connectivity index (χ4n) is 3.57. The van der Waals surface area contributed by atoms with Crippen LogP contribution in [0.1, 0.15) is 24.5 Å². The zero-order chi connectivity index (χ0) is 21.1. The summed E-state index contributed by atoms with van der Waals surface area (Å²) in [6.45, 7) is 3.99. The largest absolute Gasteiger partial charge is 0.477 e. The number of carboxylic acids is 1. The number of nitrogens with zero attached hydrogens (tertiary/aromatic N) is 1. The minimum absolute atomic E-state index is 0.0103. The highest BCUT2D eigenvalue weighted by Crippen LogP contribution is 2.46. The lowest BCUT2D eigenvalue weighted by atomic mass is 9.83. The molecule has 1 fully saturated rings. The number of alkyl carbamates (subject to hydrolysis) is 1. The Morgan fingerprint density at radius 3 is 2.66 bits per heavy atom. The van der Waals surface area contributed by atoms with Crippen LogP contribution in [0.2, 0.25) is 0 Å².